The molecule has 1 aromatic rings. The van der Waals surface area contributed by atoms with E-state index in [1.165, 1.54) is 0 Å². The first-order chi connectivity index (χ1) is 8.95. The van der Waals surface area contributed by atoms with Crippen LogP contribution in [0.2, 0.25) is 5.02 Å². The molecule has 1 aromatic carbocycles. The number of nitrogens with zero attached hydrogens (tertiary/aromatic N) is 3. The topological polar surface area (TPSA) is 28.1 Å². The normalized spacial score (nSPS) is 10.0. The lowest BCUT2D eigenvalue weighted by atomic mass is 10.2. The molecule has 0 aliphatic heterocycles. The lowest BCUT2D eigenvalue weighted by molar-refractivity contribution is 0.336. The van der Waals surface area contributed by atoms with Gasteiger partial charge in [-0.2, -0.15) is 0 Å². The Bertz CT molecular complexity index is 434. The van der Waals surface area contributed by atoms with Gasteiger partial charge in [0.1, 0.15) is 5.75 Å². The Kier molecular flexibility index (Phi) is 5.96. The van der Waals surface area contributed by atoms with Crippen LogP contribution < -0.4 is 4.74 Å². The molecule has 4 nitrogen and oxygen atoms in total. The molecule has 0 amide bonds. The Morgan fingerprint density at radius 2 is 1.84 bits per heavy atom. The molecule has 0 atom stereocenters. The summed E-state index contributed by atoms with van der Waals surface area (Å²) < 4.78 is 5.59. The molecule has 19 heavy (non-hydrogen) atoms. The molecule has 5 heteroatoms. The number of benzene rings is 1. The monoisotopic (exact) mass is 283 g/mol. The summed E-state index contributed by atoms with van der Waals surface area (Å²) in [5, 5.41) is 0.677. The molecule has 0 saturated heterocycles. The van der Waals surface area contributed by atoms with Crippen molar-refractivity contribution in [3.05, 3.63) is 28.8 Å². The molecule has 0 N–H and O–H groups in total. The second-order valence-corrected chi connectivity index (χ2v) is 5.03. The van der Waals surface area contributed by atoms with Crippen molar-refractivity contribution in [1.29, 1.82) is 0 Å². The van der Waals surface area contributed by atoms with Gasteiger partial charge in [0.05, 0.1) is 13.2 Å². The lowest BCUT2D eigenvalue weighted by Crippen LogP contribution is -2.35. The van der Waals surface area contributed by atoms with E-state index in [2.05, 4.69) is 4.99 Å². The third-order valence-corrected chi connectivity index (χ3v) is 2.75. The van der Waals surface area contributed by atoms with Gasteiger partial charge in [-0.15, -0.1) is 0 Å². The van der Waals surface area contributed by atoms with Crippen LogP contribution in [0.15, 0.2) is 23.2 Å². The Balaban J connectivity index is 2.95. The molecule has 0 radical (unpaired) electrons. The van der Waals surface area contributed by atoms with Crippen molar-refractivity contribution in [1.82, 2.24) is 9.80 Å². The van der Waals surface area contributed by atoms with Crippen LogP contribution in [0.4, 0.5) is 0 Å². The number of hydrogen-bond acceptors (Lipinski definition) is 2. The largest absolute Gasteiger partial charge is 0.493 e. The van der Waals surface area contributed by atoms with E-state index in [0.29, 0.717) is 18.2 Å². The molecule has 106 valence electrons. The zero-order valence-electron chi connectivity index (χ0n) is 12.3. The Hall–Kier alpha value is -1.42. The van der Waals surface area contributed by atoms with Crippen LogP contribution in [0.1, 0.15) is 12.5 Å². The van der Waals surface area contributed by atoms with Crippen molar-refractivity contribution in [2.24, 2.45) is 4.99 Å². The van der Waals surface area contributed by atoms with E-state index in [1.807, 2.05) is 63.1 Å². The molecule has 0 unspecified atom stereocenters. The van der Waals surface area contributed by atoms with Crippen LogP contribution in [0, 0.1) is 0 Å². The number of aliphatic imine (C=N–C) groups is 1. The smallest absolute Gasteiger partial charge is 0.195 e. The number of guanidine groups is 1. The summed E-state index contributed by atoms with van der Waals surface area (Å²) in [6.07, 6.45) is 0. The zero-order valence-corrected chi connectivity index (χ0v) is 13.0. The first-order valence-corrected chi connectivity index (χ1v) is 6.63. The van der Waals surface area contributed by atoms with Crippen molar-refractivity contribution in [2.75, 3.05) is 34.8 Å². The average molecular weight is 284 g/mol. The average Bonchev–Trinajstić information content (AvgIpc) is 2.31. The number of hydrogen-bond donors (Lipinski definition) is 0. The highest BCUT2D eigenvalue weighted by atomic mass is 35.5. The number of halogens is 1. The Labute approximate surface area is 120 Å². The summed E-state index contributed by atoms with van der Waals surface area (Å²) in [4.78, 5) is 8.58. The Morgan fingerprint density at radius 3 is 2.37 bits per heavy atom. The van der Waals surface area contributed by atoms with Gasteiger partial charge in [0, 0.05) is 38.8 Å². The second kappa shape index (κ2) is 7.24. The molecule has 0 aliphatic carbocycles. The fraction of sp³-hybridized carbons (Fsp3) is 0.500. The van der Waals surface area contributed by atoms with Gasteiger partial charge in [0.2, 0.25) is 0 Å². The highest BCUT2D eigenvalue weighted by molar-refractivity contribution is 6.30. The zero-order chi connectivity index (χ0) is 14.4. The van der Waals surface area contributed by atoms with E-state index in [1.54, 1.807) is 0 Å². The summed E-state index contributed by atoms with van der Waals surface area (Å²) in [6, 6.07) is 5.65. The van der Waals surface area contributed by atoms with Gasteiger partial charge in [-0.3, -0.25) is 0 Å². The second-order valence-electron chi connectivity index (χ2n) is 4.59. The van der Waals surface area contributed by atoms with Crippen molar-refractivity contribution < 1.29 is 4.74 Å². The molecular formula is C14H22ClN3O. The first kappa shape index (κ1) is 15.6. The van der Waals surface area contributed by atoms with Crippen molar-refractivity contribution >= 4 is 17.6 Å². The SMILES string of the molecule is CCOc1cc(Cl)ccc1CN=C(N(C)C)N(C)C. The van der Waals surface area contributed by atoms with E-state index in [-0.39, 0.29) is 0 Å². The van der Waals surface area contributed by atoms with Crippen molar-refractivity contribution in [2.45, 2.75) is 13.5 Å². The van der Waals surface area contributed by atoms with Crippen LogP contribution in [0.3, 0.4) is 0 Å². The molecule has 0 fully saturated rings. The molecule has 0 spiro atoms. The highest BCUT2D eigenvalue weighted by Gasteiger charge is 2.07. The lowest BCUT2D eigenvalue weighted by Gasteiger charge is -2.22. The van der Waals surface area contributed by atoms with Gasteiger partial charge in [-0.05, 0) is 19.1 Å². The summed E-state index contributed by atoms with van der Waals surface area (Å²) in [5.41, 5.74) is 1.03. The minimum atomic E-state index is 0.568. The minimum absolute atomic E-state index is 0.568. The summed E-state index contributed by atoms with van der Waals surface area (Å²) in [5.74, 6) is 1.72. The van der Waals surface area contributed by atoms with Gasteiger partial charge >= 0.3 is 0 Å². The van der Waals surface area contributed by atoms with E-state index < -0.39 is 0 Å². The third kappa shape index (κ3) is 4.63. The van der Waals surface area contributed by atoms with E-state index in [9.17, 15) is 0 Å². The molecule has 0 bridgehead atoms. The molecule has 0 saturated carbocycles. The first-order valence-electron chi connectivity index (χ1n) is 6.26. The molecule has 0 aliphatic rings. The summed E-state index contributed by atoms with van der Waals surface area (Å²) in [7, 11) is 7.91. The maximum atomic E-state index is 5.98. The minimum Gasteiger partial charge on any atom is -0.493 e. The molecule has 0 heterocycles. The molecular weight excluding hydrogens is 262 g/mol. The third-order valence-electron chi connectivity index (χ3n) is 2.52. The number of ether oxygens (including phenoxy) is 1. The molecule has 0 aromatic heterocycles. The van der Waals surface area contributed by atoms with Gasteiger partial charge in [0.15, 0.2) is 5.96 Å². The van der Waals surface area contributed by atoms with Crippen molar-refractivity contribution in [3.8, 4) is 5.75 Å². The van der Waals surface area contributed by atoms with Gasteiger partial charge < -0.3 is 14.5 Å². The molecule has 1 rings (SSSR count). The van der Waals surface area contributed by atoms with Crippen LogP contribution in [-0.2, 0) is 6.54 Å². The Morgan fingerprint density at radius 1 is 1.21 bits per heavy atom. The van der Waals surface area contributed by atoms with E-state index in [4.69, 9.17) is 16.3 Å². The summed E-state index contributed by atoms with van der Waals surface area (Å²) >= 11 is 5.98. The van der Waals surface area contributed by atoms with E-state index >= 15 is 0 Å². The fourth-order valence-electron chi connectivity index (χ4n) is 1.79. The van der Waals surface area contributed by atoms with E-state index in [0.717, 1.165) is 17.3 Å². The quantitative estimate of drug-likeness (QED) is 0.628. The maximum absolute atomic E-state index is 5.98. The predicted molar refractivity (Wildman–Crippen MR) is 81.1 cm³/mol. The van der Waals surface area contributed by atoms with Crippen molar-refractivity contribution in [3.63, 3.8) is 0 Å². The predicted octanol–water partition coefficient (Wildman–Crippen LogP) is 2.72. The van der Waals surface area contributed by atoms with Gasteiger partial charge in [0.25, 0.3) is 0 Å². The van der Waals surface area contributed by atoms with Gasteiger partial charge in [-0.25, -0.2) is 4.99 Å². The summed E-state index contributed by atoms with van der Waals surface area (Å²) in [6.45, 7) is 3.14. The standard InChI is InChI=1S/C14H22ClN3O/c1-6-19-13-9-12(15)8-7-11(13)10-16-14(17(2)3)18(4)5/h7-9H,6,10H2,1-5H3. The highest BCUT2D eigenvalue weighted by Crippen LogP contribution is 2.24. The number of rotatable bonds is 4. The van der Waals surface area contributed by atoms with Crippen LogP contribution in [0.5, 0.6) is 5.75 Å². The van der Waals surface area contributed by atoms with Crippen LogP contribution in [0.25, 0.3) is 0 Å². The maximum Gasteiger partial charge on any atom is 0.195 e. The van der Waals surface area contributed by atoms with Crippen LogP contribution in [-0.4, -0.2) is 50.6 Å². The van der Waals surface area contributed by atoms with Crippen LogP contribution >= 0.6 is 11.6 Å². The fourth-order valence-corrected chi connectivity index (χ4v) is 1.95. The van der Waals surface area contributed by atoms with Gasteiger partial charge in [-0.1, -0.05) is 17.7 Å².